The van der Waals surface area contributed by atoms with Gasteiger partial charge < -0.3 is 4.74 Å². The van der Waals surface area contributed by atoms with Gasteiger partial charge in [0.1, 0.15) is 12.0 Å². The van der Waals surface area contributed by atoms with Gasteiger partial charge in [0.25, 0.3) is 0 Å². The molecule has 0 spiro atoms. The van der Waals surface area contributed by atoms with E-state index >= 15 is 0 Å². The van der Waals surface area contributed by atoms with Gasteiger partial charge in [-0.1, -0.05) is 29.3 Å². The van der Waals surface area contributed by atoms with Gasteiger partial charge in [-0.15, -0.1) is 0 Å². The summed E-state index contributed by atoms with van der Waals surface area (Å²) in [5.41, 5.74) is 2.25. The molecular formula is C14H10Cl2O2. The van der Waals surface area contributed by atoms with E-state index in [-0.39, 0.29) is 0 Å². The minimum Gasteiger partial charge on any atom is -0.496 e. The van der Waals surface area contributed by atoms with Crippen LogP contribution in [0.1, 0.15) is 10.4 Å². The minimum absolute atomic E-state index is 0.555. The van der Waals surface area contributed by atoms with E-state index in [2.05, 4.69) is 0 Å². The number of aldehydes is 1. The third-order valence-corrected chi connectivity index (χ3v) is 2.97. The molecule has 2 aromatic carbocycles. The topological polar surface area (TPSA) is 26.3 Å². The largest absolute Gasteiger partial charge is 0.496 e. The monoisotopic (exact) mass is 280 g/mol. The number of hydrogen-bond acceptors (Lipinski definition) is 2. The Morgan fingerprint density at radius 1 is 1.06 bits per heavy atom. The lowest BCUT2D eigenvalue weighted by Gasteiger charge is -2.10. The summed E-state index contributed by atoms with van der Waals surface area (Å²) in [6.45, 7) is 0. The van der Waals surface area contributed by atoms with Crippen molar-refractivity contribution >= 4 is 29.5 Å². The second kappa shape index (κ2) is 5.42. The molecular weight excluding hydrogens is 271 g/mol. The summed E-state index contributed by atoms with van der Waals surface area (Å²) in [5.74, 6) is 0.609. The van der Waals surface area contributed by atoms with E-state index in [9.17, 15) is 4.79 Å². The van der Waals surface area contributed by atoms with Crippen LogP contribution < -0.4 is 4.74 Å². The molecule has 0 bridgehead atoms. The lowest BCUT2D eigenvalue weighted by molar-refractivity contribution is 0.112. The van der Waals surface area contributed by atoms with Crippen molar-refractivity contribution in [2.24, 2.45) is 0 Å². The van der Waals surface area contributed by atoms with Crippen molar-refractivity contribution in [1.29, 1.82) is 0 Å². The number of hydrogen-bond donors (Lipinski definition) is 0. The first kappa shape index (κ1) is 12.9. The molecule has 0 aromatic heterocycles. The average molecular weight is 281 g/mol. The third-order valence-electron chi connectivity index (χ3n) is 2.54. The Hall–Kier alpha value is -1.51. The Morgan fingerprint density at radius 3 is 2.28 bits per heavy atom. The normalized spacial score (nSPS) is 10.2. The van der Waals surface area contributed by atoms with Crippen LogP contribution in [0, 0.1) is 0 Å². The van der Waals surface area contributed by atoms with Crippen LogP contribution in [0.2, 0.25) is 10.0 Å². The number of halogens is 2. The molecule has 0 unspecified atom stereocenters. The van der Waals surface area contributed by atoms with Crippen LogP contribution in [0.4, 0.5) is 0 Å². The van der Waals surface area contributed by atoms with E-state index in [1.54, 1.807) is 37.4 Å². The van der Waals surface area contributed by atoms with E-state index in [4.69, 9.17) is 27.9 Å². The van der Waals surface area contributed by atoms with E-state index in [0.29, 0.717) is 21.4 Å². The van der Waals surface area contributed by atoms with Crippen LogP contribution in [0.25, 0.3) is 11.1 Å². The van der Waals surface area contributed by atoms with Gasteiger partial charge in [0.15, 0.2) is 0 Å². The highest BCUT2D eigenvalue weighted by molar-refractivity contribution is 6.35. The molecule has 0 heterocycles. The highest BCUT2D eigenvalue weighted by Crippen LogP contribution is 2.33. The minimum atomic E-state index is 0.555. The third kappa shape index (κ3) is 2.66. The predicted molar refractivity (Wildman–Crippen MR) is 73.8 cm³/mol. The van der Waals surface area contributed by atoms with Crippen molar-refractivity contribution in [2.75, 3.05) is 7.11 Å². The molecule has 0 N–H and O–H groups in total. The molecule has 0 aliphatic heterocycles. The fourth-order valence-corrected chi connectivity index (χ4v) is 2.25. The zero-order valence-electron chi connectivity index (χ0n) is 9.61. The maximum absolute atomic E-state index is 10.7. The molecule has 0 amide bonds. The fraction of sp³-hybridized carbons (Fsp3) is 0.0714. The van der Waals surface area contributed by atoms with Crippen molar-refractivity contribution < 1.29 is 9.53 Å². The zero-order valence-corrected chi connectivity index (χ0v) is 11.1. The van der Waals surface area contributed by atoms with Gasteiger partial charge in [0.2, 0.25) is 0 Å². The number of methoxy groups -OCH3 is 1. The van der Waals surface area contributed by atoms with E-state index in [0.717, 1.165) is 17.4 Å². The van der Waals surface area contributed by atoms with Crippen molar-refractivity contribution in [2.45, 2.75) is 0 Å². The molecule has 0 atom stereocenters. The highest BCUT2D eigenvalue weighted by Gasteiger charge is 2.08. The molecule has 0 aliphatic rings. The van der Waals surface area contributed by atoms with Crippen LogP contribution >= 0.6 is 23.2 Å². The maximum atomic E-state index is 10.7. The summed E-state index contributed by atoms with van der Waals surface area (Å²) in [6, 6.07) is 10.5. The fourth-order valence-electron chi connectivity index (χ4n) is 1.73. The van der Waals surface area contributed by atoms with Crippen LogP contribution in [-0.4, -0.2) is 13.4 Å². The molecule has 2 nitrogen and oxygen atoms in total. The molecule has 0 saturated carbocycles. The van der Waals surface area contributed by atoms with Crippen LogP contribution in [0.3, 0.4) is 0 Å². The van der Waals surface area contributed by atoms with Crippen molar-refractivity contribution in [3.63, 3.8) is 0 Å². The van der Waals surface area contributed by atoms with Gasteiger partial charge in [-0.2, -0.15) is 0 Å². The summed E-state index contributed by atoms with van der Waals surface area (Å²) in [5, 5.41) is 1.11. The lowest BCUT2D eigenvalue weighted by Crippen LogP contribution is -1.90. The Kier molecular flexibility index (Phi) is 3.90. The summed E-state index contributed by atoms with van der Waals surface area (Å²) < 4.78 is 5.28. The lowest BCUT2D eigenvalue weighted by atomic mass is 10.0. The molecule has 4 heteroatoms. The van der Waals surface area contributed by atoms with E-state index < -0.39 is 0 Å². The van der Waals surface area contributed by atoms with Gasteiger partial charge in [-0.05, 0) is 35.9 Å². The Labute approximate surface area is 115 Å². The summed E-state index contributed by atoms with van der Waals surface area (Å²) in [6.07, 6.45) is 0.775. The summed E-state index contributed by atoms with van der Waals surface area (Å²) in [7, 11) is 1.56. The molecule has 0 aliphatic carbocycles. The number of carbonyl (C=O) groups is 1. The van der Waals surface area contributed by atoms with E-state index in [1.165, 1.54) is 0 Å². The van der Waals surface area contributed by atoms with Crippen molar-refractivity contribution in [3.8, 4) is 16.9 Å². The molecule has 0 saturated heterocycles. The average Bonchev–Trinajstić information content (AvgIpc) is 2.36. The van der Waals surface area contributed by atoms with Crippen LogP contribution in [0.15, 0.2) is 36.4 Å². The van der Waals surface area contributed by atoms with Gasteiger partial charge >= 0.3 is 0 Å². The first-order valence-electron chi connectivity index (χ1n) is 5.23. The Balaban J connectivity index is 2.59. The smallest absolute Gasteiger partial charge is 0.150 e. The number of benzene rings is 2. The molecule has 92 valence electrons. The predicted octanol–water partition coefficient (Wildman–Crippen LogP) is 4.48. The van der Waals surface area contributed by atoms with Gasteiger partial charge in [0.05, 0.1) is 7.11 Å². The first-order valence-corrected chi connectivity index (χ1v) is 5.99. The van der Waals surface area contributed by atoms with Gasteiger partial charge in [-0.25, -0.2) is 0 Å². The molecule has 0 fully saturated rings. The number of rotatable bonds is 3. The molecule has 18 heavy (non-hydrogen) atoms. The SMILES string of the molecule is COc1cc(C=O)ccc1-c1cc(Cl)cc(Cl)c1. The van der Waals surface area contributed by atoms with Gasteiger partial charge in [0, 0.05) is 21.2 Å². The second-order valence-corrected chi connectivity index (χ2v) is 4.61. The summed E-state index contributed by atoms with van der Waals surface area (Å²) >= 11 is 11.9. The Bertz CT molecular complexity index is 574. The number of ether oxygens (including phenoxy) is 1. The second-order valence-electron chi connectivity index (χ2n) is 3.74. The van der Waals surface area contributed by atoms with Crippen LogP contribution in [0.5, 0.6) is 5.75 Å². The summed E-state index contributed by atoms with van der Waals surface area (Å²) in [4.78, 5) is 10.7. The van der Waals surface area contributed by atoms with Crippen molar-refractivity contribution in [1.82, 2.24) is 0 Å². The highest BCUT2D eigenvalue weighted by atomic mass is 35.5. The molecule has 2 rings (SSSR count). The molecule has 2 aromatic rings. The van der Waals surface area contributed by atoms with Gasteiger partial charge in [-0.3, -0.25) is 4.79 Å². The first-order chi connectivity index (χ1) is 8.63. The Morgan fingerprint density at radius 2 is 1.72 bits per heavy atom. The maximum Gasteiger partial charge on any atom is 0.150 e. The number of carbonyl (C=O) groups excluding carboxylic acids is 1. The zero-order chi connectivity index (χ0) is 13.1. The molecule has 0 radical (unpaired) electrons. The standard InChI is InChI=1S/C14H10Cl2O2/c1-18-14-4-9(8-17)2-3-13(14)10-5-11(15)7-12(16)6-10/h2-8H,1H3. The van der Waals surface area contributed by atoms with Crippen molar-refractivity contribution in [3.05, 3.63) is 52.0 Å². The van der Waals surface area contributed by atoms with Crippen LogP contribution in [-0.2, 0) is 0 Å². The van der Waals surface area contributed by atoms with E-state index in [1.807, 2.05) is 6.07 Å². The quantitative estimate of drug-likeness (QED) is 0.775.